The molecule has 0 radical (unpaired) electrons. The number of methoxy groups -OCH3 is 1. The number of hydrogen-bond donors (Lipinski definition) is 0. The van der Waals surface area contributed by atoms with E-state index in [0.29, 0.717) is 0 Å². The van der Waals surface area contributed by atoms with Gasteiger partial charge in [0.1, 0.15) is 5.75 Å². The summed E-state index contributed by atoms with van der Waals surface area (Å²) in [6, 6.07) is 7.95. The Morgan fingerprint density at radius 3 is 2.29 bits per heavy atom. The van der Waals surface area contributed by atoms with Crippen LogP contribution in [-0.4, -0.2) is 13.2 Å². The fourth-order valence-electron chi connectivity index (χ4n) is 1.48. The second kappa shape index (κ2) is 5.01. The zero-order chi connectivity index (χ0) is 10.6. The van der Waals surface area contributed by atoms with Crippen molar-refractivity contribution >= 4 is 0 Å². The first-order chi connectivity index (χ1) is 6.65. The van der Waals surface area contributed by atoms with E-state index in [0.717, 1.165) is 11.3 Å². The van der Waals surface area contributed by atoms with Gasteiger partial charge in [-0.25, -0.2) is 0 Å². The van der Waals surface area contributed by atoms with Crippen LogP contribution in [-0.2, 0) is 4.74 Å². The average Bonchev–Trinajstić information content (AvgIpc) is 2.16. The molecular weight excluding hydrogens is 176 g/mol. The topological polar surface area (TPSA) is 18.5 Å². The molecule has 0 N–H and O–H groups in total. The molecule has 0 heterocycles. The molecule has 1 aromatic carbocycles. The fraction of sp³-hybridized carbons (Fsp3) is 0.500. The standard InChI is InChI=1S/C12H18O2/c1-9(2)14-10(3)11-7-5-6-8-12(11)13-4/h5-10H,1-4H3/t10-/m1/s1. The van der Waals surface area contributed by atoms with Gasteiger partial charge < -0.3 is 9.47 Å². The normalized spacial score (nSPS) is 12.9. The van der Waals surface area contributed by atoms with Crippen molar-refractivity contribution < 1.29 is 9.47 Å². The smallest absolute Gasteiger partial charge is 0.124 e. The van der Waals surface area contributed by atoms with Gasteiger partial charge in [-0.05, 0) is 26.8 Å². The number of benzene rings is 1. The molecule has 1 rings (SSSR count). The maximum atomic E-state index is 5.70. The molecule has 1 aromatic rings. The van der Waals surface area contributed by atoms with Crippen molar-refractivity contribution in [2.75, 3.05) is 7.11 Å². The third-order valence-corrected chi connectivity index (χ3v) is 2.05. The molecule has 0 aromatic heterocycles. The highest BCUT2D eigenvalue weighted by atomic mass is 16.5. The summed E-state index contributed by atoms with van der Waals surface area (Å²) in [5.41, 5.74) is 1.10. The van der Waals surface area contributed by atoms with Gasteiger partial charge in [-0.1, -0.05) is 18.2 Å². The molecule has 0 fully saturated rings. The zero-order valence-electron chi connectivity index (χ0n) is 9.28. The maximum absolute atomic E-state index is 5.70. The van der Waals surface area contributed by atoms with Crippen LogP contribution in [0.2, 0.25) is 0 Å². The molecule has 0 saturated carbocycles. The van der Waals surface area contributed by atoms with Gasteiger partial charge in [-0.3, -0.25) is 0 Å². The minimum absolute atomic E-state index is 0.0751. The molecule has 1 atom stereocenters. The first-order valence-electron chi connectivity index (χ1n) is 4.93. The lowest BCUT2D eigenvalue weighted by atomic mass is 10.1. The lowest BCUT2D eigenvalue weighted by Gasteiger charge is -2.18. The SMILES string of the molecule is COc1ccccc1[C@@H](C)OC(C)C. The van der Waals surface area contributed by atoms with E-state index in [4.69, 9.17) is 9.47 Å². The Labute approximate surface area is 85.8 Å². The van der Waals surface area contributed by atoms with Crippen molar-refractivity contribution in [3.63, 3.8) is 0 Å². The Morgan fingerprint density at radius 1 is 1.07 bits per heavy atom. The van der Waals surface area contributed by atoms with Crippen LogP contribution in [0.1, 0.15) is 32.4 Å². The van der Waals surface area contributed by atoms with Gasteiger partial charge in [0, 0.05) is 5.56 Å². The first-order valence-corrected chi connectivity index (χ1v) is 4.93. The monoisotopic (exact) mass is 194 g/mol. The van der Waals surface area contributed by atoms with E-state index in [1.807, 2.05) is 45.0 Å². The minimum Gasteiger partial charge on any atom is -0.496 e. The largest absolute Gasteiger partial charge is 0.496 e. The summed E-state index contributed by atoms with van der Waals surface area (Å²) in [7, 11) is 1.68. The van der Waals surface area contributed by atoms with Crippen LogP contribution in [0.3, 0.4) is 0 Å². The van der Waals surface area contributed by atoms with Crippen molar-refractivity contribution in [3.8, 4) is 5.75 Å². The summed E-state index contributed by atoms with van der Waals surface area (Å²) >= 11 is 0. The van der Waals surface area contributed by atoms with E-state index in [9.17, 15) is 0 Å². The fourth-order valence-corrected chi connectivity index (χ4v) is 1.48. The maximum Gasteiger partial charge on any atom is 0.124 e. The Bertz CT molecular complexity index is 281. The molecule has 0 spiro atoms. The van der Waals surface area contributed by atoms with Gasteiger partial charge >= 0.3 is 0 Å². The summed E-state index contributed by atoms with van der Waals surface area (Å²) in [5, 5.41) is 0. The molecule has 0 saturated heterocycles. The highest BCUT2D eigenvalue weighted by molar-refractivity contribution is 5.34. The van der Waals surface area contributed by atoms with E-state index >= 15 is 0 Å². The van der Waals surface area contributed by atoms with Gasteiger partial charge in [0.15, 0.2) is 0 Å². The summed E-state index contributed by atoms with van der Waals surface area (Å²) in [6.07, 6.45) is 0.307. The molecule has 78 valence electrons. The first kappa shape index (κ1) is 11.1. The lowest BCUT2D eigenvalue weighted by Crippen LogP contribution is -2.08. The summed E-state index contributed by atoms with van der Waals surface area (Å²) in [6.45, 7) is 6.11. The van der Waals surface area contributed by atoms with E-state index in [1.165, 1.54) is 0 Å². The Morgan fingerprint density at radius 2 is 1.71 bits per heavy atom. The third-order valence-electron chi connectivity index (χ3n) is 2.05. The van der Waals surface area contributed by atoms with Gasteiger partial charge in [-0.2, -0.15) is 0 Å². The predicted molar refractivity (Wildman–Crippen MR) is 57.6 cm³/mol. The van der Waals surface area contributed by atoms with Crippen molar-refractivity contribution in [3.05, 3.63) is 29.8 Å². The average molecular weight is 194 g/mol. The Kier molecular flexibility index (Phi) is 3.96. The molecule has 0 aliphatic heterocycles. The summed E-state index contributed by atoms with van der Waals surface area (Å²) in [4.78, 5) is 0. The van der Waals surface area contributed by atoms with Crippen molar-refractivity contribution in [2.45, 2.75) is 33.0 Å². The van der Waals surface area contributed by atoms with Gasteiger partial charge in [0.2, 0.25) is 0 Å². The molecule has 2 heteroatoms. The summed E-state index contributed by atoms with van der Waals surface area (Å²) < 4.78 is 11.0. The predicted octanol–water partition coefficient (Wildman–Crippen LogP) is 3.18. The second-order valence-corrected chi connectivity index (χ2v) is 3.57. The second-order valence-electron chi connectivity index (χ2n) is 3.57. The van der Waals surface area contributed by atoms with Gasteiger partial charge in [-0.15, -0.1) is 0 Å². The van der Waals surface area contributed by atoms with Crippen molar-refractivity contribution in [1.82, 2.24) is 0 Å². The van der Waals surface area contributed by atoms with E-state index in [2.05, 4.69) is 0 Å². The van der Waals surface area contributed by atoms with Crippen molar-refractivity contribution in [1.29, 1.82) is 0 Å². The van der Waals surface area contributed by atoms with Crippen LogP contribution in [0.15, 0.2) is 24.3 Å². The lowest BCUT2D eigenvalue weighted by molar-refractivity contribution is 0.0166. The number of ether oxygens (including phenoxy) is 2. The molecule has 2 nitrogen and oxygen atoms in total. The Balaban J connectivity index is 2.82. The molecule has 0 aliphatic rings. The quantitative estimate of drug-likeness (QED) is 0.733. The molecule has 0 bridgehead atoms. The number of hydrogen-bond acceptors (Lipinski definition) is 2. The van der Waals surface area contributed by atoms with E-state index in [-0.39, 0.29) is 12.2 Å². The van der Waals surface area contributed by atoms with Crippen LogP contribution in [0, 0.1) is 0 Å². The van der Waals surface area contributed by atoms with E-state index in [1.54, 1.807) is 7.11 Å². The van der Waals surface area contributed by atoms with Crippen molar-refractivity contribution in [2.24, 2.45) is 0 Å². The highest BCUT2D eigenvalue weighted by Crippen LogP contribution is 2.27. The molecular formula is C12H18O2. The van der Waals surface area contributed by atoms with Crippen LogP contribution in [0.25, 0.3) is 0 Å². The molecule has 14 heavy (non-hydrogen) atoms. The van der Waals surface area contributed by atoms with Gasteiger partial charge in [0.25, 0.3) is 0 Å². The zero-order valence-corrected chi connectivity index (χ0v) is 9.28. The molecule has 0 aliphatic carbocycles. The Hall–Kier alpha value is -1.02. The van der Waals surface area contributed by atoms with E-state index < -0.39 is 0 Å². The van der Waals surface area contributed by atoms with Crippen LogP contribution < -0.4 is 4.74 Å². The summed E-state index contributed by atoms with van der Waals surface area (Å²) in [5.74, 6) is 0.889. The van der Waals surface area contributed by atoms with Crippen LogP contribution in [0.5, 0.6) is 5.75 Å². The number of rotatable bonds is 4. The highest BCUT2D eigenvalue weighted by Gasteiger charge is 2.11. The molecule has 0 unspecified atom stereocenters. The third kappa shape index (κ3) is 2.74. The van der Waals surface area contributed by atoms with Crippen LogP contribution >= 0.6 is 0 Å². The minimum atomic E-state index is 0.0751. The number of para-hydroxylation sites is 1. The molecule has 0 amide bonds. The van der Waals surface area contributed by atoms with Gasteiger partial charge in [0.05, 0.1) is 19.3 Å². The van der Waals surface area contributed by atoms with Crippen LogP contribution in [0.4, 0.5) is 0 Å².